The average molecular weight is 666 g/mol. The molecule has 8 rings (SSSR count). The molecule has 0 bridgehead atoms. The van der Waals surface area contributed by atoms with Gasteiger partial charge in [-0.2, -0.15) is 0 Å². The van der Waals surface area contributed by atoms with Gasteiger partial charge in [0.25, 0.3) is 0 Å². The molecule has 2 aliphatic rings. The van der Waals surface area contributed by atoms with Crippen LogP contribution in [0.3, 0.4) is 0 Å². The molecule has 2 aliphatic heterocycles. The zero-order valence-electron chi connectivity index (χ0n) is 28.7. The minimum atomic E-state index is -0.233. The topological polar surface area (TPSA) is 111 Å². The largest absolute Gasteiger partial charge is 0.392 e. The second-order valence-corrected chi connectivity index (χ2v) is 14.0. The third kappa shape index (κ3) is 6.69. The summed E-state index contributed by atoms with van der Waals surface area (Å²) in [6.07, 6.45) is 9.50. The molecule has 2 aromatic carbocycles. The van der Waals surface area contributed by atoms with Gasteiger partial charge in [-0.05, 0) is 96.0 Å². The lowest BCUT2D eigenvalue weighted by Crippen LogP contribution is -2.21. The van der Waals surface area contributed by atoms with Crippen molar-refractivity contribution in [3.8, 4) is 11.1 Å². The maximum Gasteiger partial charge on any atom is 0.156 e. The Morgan fingerprint density at radius 2 is 1.30 bits per heavy atom. The first kappa shape index (κ1) is 32.4. The van der Waals surface area contributed by atoms with E-state index in [-0.39, 0.29) is 12.2 Å². The van der Waals surface area contributed by atoms with E-state index in [9.17, 15) is 10.2 Å². The van der Waals surface area contributed by atoms with E-state index in [0.29, 0.717) is 13.0 Å². The number of β-amino-alcohol motifs (C(OH)–C–C–N with tert-alkyl or cyclic N) is 2. The normalized spacial score (nSPS) is 18.4. The summed E-state index contributed by atoms with van der Waals surface area (Å²) < 4.78 is 0. The summed E-state index contributed by atoms with van der Waals surface area (Å²) in [7, 11) is 0. The van der Waals surface area contributed by atoms with Crippen LogP contribution in [0.5, 0.6) is 0 Å². The number of aliphatic hydroxyl groups is 2. The van der Waals surface area contributed by atoms with Gasteiger partial charge >= 0.3 is 0 Å². The summed E-state index contributed by atoms with van der Waals surface area (Å²) >= 11 is 0. The maximum atomic E-state index is 9.93. The van der Waals surface area contributed by atoms with Crippen molar-refractivity contribution >= 4 is 33.3 Å². The number of aromatic nitrogens is 4. The van der Waals surface area contributed by atoms with Gasteiger partial charge in [0, 0.05) is 86.9 Å². The highest BCUT2D eigenvalue weighted by Gasteiger charge is 2.22. The van der Waals surface area contributed by atoms with E-state index in [0.717, 1.165) is 101 Å². The minimum absolute atomic E-state index is 0.226. The number of benzene rings is 2. The van der Waals surface area contributed by atoms with Crippen molar-refractivity contribution in [2.45, 2.75) is 58.4 Å². The van der Waals surface area contributed by atoms with Gasteiger partial charge in [0.15, 0.2) is 5.82 Å². The first-order valence-electron chi connectivity index (χ1n) is 17.6. The van der Waals surface area contributed by atoms with Gasteiger partial charge in [-0.15, -0.1) is 0 Å². The highest BCUT2D eigenvalue weighted by molar-refractivity contribution is 5.91. The zero-order valence-corrected chi connectivity index (χ0v) is 28.7. The van der Waals surface area contributed by atoms with E-state index in [1.807, 2.05) is 36.9 Å². The van der Waals surface area contributed by atoms with Crippen LogP contribution < -0.4 is 5.32 Å². The number of hydrogen-bond acceptors (Lipinski definition) is 9. The number of likely N-dealkylation sites (tertiary alicyclic amines) is 2. The number of aliphatic hydroxyl groups excluding tert-OH is 2. The fourth-order valence-electron chi connectivity index (χ4n) is 7.63. The maximum absolute atomic E-state index is 9.93. The van der Waals surface area contributed by atoms with Crippen LogP contribution in [0.15, 0.2) is 85.5 Å². The summed E-state index contributed by atoms with van der Waals surface area (Å²) in [6.45, 7) is 9.19. The highest BCUT2D eigenvalue weighted by Crippen LogP contribution is 2.35. The lowest BCUT2D eigenvalue weighted by molar-refractivity contribution is 0.174. The molecule has 0 amide bonds. The molecular formula is C41H43N7O2. The standard InChI is InChI=1S/C41H43N7O2/c1-26-30(19-38-39-31(9-13-42-38)17-28(20-44-39)22-47-15-11-33(49)24-47)5-3-6-35(26)36-7-4-8-37(27(36)2)46-41-40-32(10-14-43-41)18-29(21-45-40)23-48-16-12-34(50)25-48/h3-10,13-14,17-18,20-21,33-34,49-50H,11-12,15-16,19,22-25H2,1-2H3,(H,43,46)/t33-,34-/m1/s1. The summed E-state index contributed by atoms with van der Waals surface area (Å²) in [5.41, 5.74) is 11.9. The molecule has 3 N–H and O–H groups in total. The first-order valence-corrected chi connectivity index (χ1v) is 17.6. The molecule has 2 saturated heterocycles. The van der Waals surface area contributed by atoms with Crippen molar-refractivity contribution in [3.63, 3.8) is 0 Å². The highest BCUT2D eigenvalue weighted by atomic mass is 16.3. The molecule has 2 fully saturated rings. The zero-order chi connectivity index (χ0) is 34.2. The van der Waals surface area contributed by atoms with Gasteiger partial charge in [-0.3, -0.25) is 24.8 Å². The predicted molar refractivity (Wildman–Crippen MR) is 198 cm³/mol. The molecule has 6 heterocycles. The SMILES string of the molecule is Cc1c(Cc2nccc3cc(CN4CC[C@@H](O)C4)cnc23)cccc1-c1cccc(Nc2nccc3cc(CN4CC[C@@H](O)C4)cnc23)c1C. The van der Waals surface area contributed by atoms with Crippen molar-refractivity contribution < 1.29 is 10.2 Å². The van der Waals surface area contributed by atoms with Crippen LogP contribution in [-0.4, -0.2) is 78.3 Å². The van der Waals surface area contributed by atoms with Crippen LogP contribution >= 0.6 is 0 Å². The molecule has 0 saturated carbocycles. The average Bonchev–Trinajstić information content (AvgIpc) is 3.73. The molecule has 0 radical (unpaired) electrons. The number of rotatable bonds is 9. The van der Waals surface area contributed by atoms with Gasteiger partial charge in [0.1, 0.15) is 5.52 Å². The minimum Gasteiger partial charge on any atom is -0.392 e. The number of anilines is 2. The third-order valence-corrected chi connectivity index (χ3v) is 10.4. The van der Waals surface area contributed by atoms with E-state index in [1.54, 1.807) is 0 Å². The Labute approximate surface area is 292 Å². The molecule has 4 aromatic heterocycles. The van der Waals surface area contributed by atoms with Gasteiger partial charge in [0.05, 0.1) is 23.4 Å². The number of hydrogen-bond donors (Lipinski definition) is 3. The van der Waals surface area contributed by atoms with Gasteiger partial charge < -0.3 is 15.5 Å². The summed E-state index contributed by atoms with van der Waals surface area (Å²) in [4.78, 5) is 23.7. The van der Waals surface area contributed by atoms with Crippen molar-refractivity contribution in [1.29, 1.82) is 0 Å². The fourth-order valence-corrected chi connectivity index (χ4v) is 7.63. The van der Waals surface area contributed by atoms with Crippen molar-refractivity contribution in [1.82, 2.24) is 29.7 Å². The summed E-state index contributed by atoms with van der Waals surface area (Å²) in [6, 6.07) is 21.3. The van der Waals surface area contributed by atoms with E-state index >= 15 is 0 Å². The Balaban J connectivity index is 1.03. The summed E-state index contributed by atoms with van der Waals surface area (Å²) in [5.74, 6) is 0.729. The van der Waals surface area contributed by atoms with Gasteiger partial charge in [0.2, 0.25) is 0 Å². The molecule has 6 aromatic rings. The Bertz CT molecular complexity index is 2030. The molecule has 50 heavy (non-hydrogen) atoms. The second-order valence-electron chi connectivity index (χ2n) is 14.0. The Kier molecular flexibility index (Phi) is 8.97. The van der Waals surface area contributed by atoms with E-state index in [4.69, 9.17) is 15.0 Å². The molecule has 0 aliphatic carbocycles. The molecule has 2 atom stereocenters. The van der Waals surface area contributed by atoms with E-state index in [1.165, 1.54) is 22.3 Å². The van der Waals surface area contributed by atoms with Gasteiger partial charge in [-0.1, -0.05) is 30.3 Å². The summed E-state index contributed by atoms with van der Waals surface area (Å²) in [5, 5.41) is 25.6. The van der Waals surface area contributed by atoms with Crippen LogP contribution in [-0.2, 0) is 19.5 Å². The lowest BCUT2D eigenvalue weighted by atomic mass is 9.91. The van der Waals surface area contributed by atoms with E-state index in [2.05, 4.69) is 82.5 Å². The first-order chi connectivity index (χ1) is 24.4. The number of fused-ring (bicyclic) bond motifs is 2. The number of nitrogens with one attached hydrogen (secondary N) is 1. The van der Waals surface area contributed by atoms with Crippen LogP contribution in [0, 0.1) is 13.8 Å². The van der Waals surface area contributed by atoms with Gasteiger partial charge in [-0.25, -0.2) is 4.98 Å². The van der Waals surface area contributed by atoms with Crippen molar-refractivity contribution in [2.24, 2.45) is 0 Å². The Morgan fingerprint density at radius 1 is 0.700 bits per heavy atom. The molecule has 9 heteroatoms. The van der Waals surface area contributed by atoms with E-state index < -0.39 is 0 Å². The van der Waals surface area contributed by atoms with Crippen molar-refractivity contribution in [2.75, 3.05) is 31.5 Å². The van der Waals surface area contributed by atoms with Crippen LogP contribution in [0.4, 0.5) is 11.5 Å². The number of pyridine rings is 4. The lowest BCUT2D eigenvalue weighted by Gasteiger charge is -2.18. The second kappa shape index (κ2) is 13.8. The Morgan fingerprint density at radius 3 is 1.96 bits per heavy atom. The number of nitrogens with zero attached hydrogens (tertiary/aromatic N) is 6. The third-order valence-electron chi connectivity index (χ3n) is 10.4. The fraction of sp³-hybridized carbons (Fsp3) is 0.317. The van der Waals surface area contributed by atoms with Crippen LogP contribution in [0.1, 0.15) is 46.4 Å². The van der Waals surface area contributed by atoms with Crippen LogP contribution in [0.25, 0.3) is 32.9 Å². The van der Waals surface area contributed by atoms with Crippen LogP contribution in [0.2, 0.25) is 0 Å². The van der Waals surface area contributed by atoms with Crippen molar-refractivity contribution in [3.05, 3.63) is 119 Å². The molecule has 0 spiro atoms. The Hall–Kier alpha value is -4.80. The molecule has 0 unspecified atom stereocenters. The molecular weight excluding hydrogens is 622 g/mol. The predicted octanol–water partition coefficient (Wildman–Crippen LogP) is 6.32. The smallest absolute Gasteiger partial charge is 0.156 e. The molecule has 9 nitrogen and oxygen atoms in total. The molecule has 254 valence electrons. The quantitative estimate of drug-likeness (QED) is 0.163. The monoisotopic (exact) mass is 665 g/mol.